The Morgan fingerprint density at radius 3 is 1.69 bits per heavy atom. The predicted octanol–water partition coefficient (Wildman–Crippen LogP) is 3.12. The lowest BCUT2D eigenvalue weighted by Gasteiger charge is -2.12. The fraction of sp³-hybridized carbons (Fsp3) is 0.556. The summed E-state index contributed by atoms with van der Waals surface area (Å²) in [5.74, 6) is 2.30. The van der Waals surface area contributed by atoms with Crippen molar-refractivity contribution in [3.8, 4) is 0 Å². The quantitative estimate of drug-likeness (QED) is 0.298. The summed E-state index contributed by atoms with van der Waals surface area (Å²) in [6.45, 7) is 3.27. The third-order valence-electron chi connectivity index (χ3n) is 3.52. The van der Waals surface area contributed by atoms with E-state index in [0.717, 1.165) is 50.5 Å². The first kappa shape index (κ1) is 23.3. The van der Waals surface area contributed by atoms with E-state index in [-0.39, 0.29) is 0 Å². The monoisotopic (exact) mass is 430 g/mol. The van der Waals surface area contributed by atoms with Crippen molar-refractivity contribution in [3.05, 3.63) is 35.4 Å². The normalized spacial score (nSPS) is 10.2. The van der Waals surface area contributed by atoms with Crippen LogP contribution in [0.15, 0.2) is 24.3 Å². The maximum absolute atomic E-state index is 5.31. The summed E-state index contributed by atoms with van der Waals surface area (Å²) < 4.78 is 0. The minimum atomic E-state index is 0.713. The van der Waals surface area contributed by atoms with Crippen LogP contribution in [0.2, 0.25) is 0 Å². The van der Waals surface area contributed by atoms with E-state index < -0.39 is 0 Å². The molecule has 0 aliphatic rings. The summed E-state index contributed by atoms with van der Waals surface area (Å²) in [5.41, 5.74) is 2.41. The molecule has 0 unspecified atom stereocenters. The molecule has 0 saturated heterocycles. The minimum Gasteiger partial charge on any atom is -0.363 e. The molecule has 0 heterocycles. The zero-order valence-electron chi connectivity index (χ0n) is 15.6. The van der Waals surface area contributed by atoms with Crippen molar-refractivity contribution >= 4 is 58.2 Å². The van der Waals surface area contributed by atoms with E-state index in [0.29, 0.717) is 10.2 Å². The van der Waals surface area contributed by atoms with E-state index in [2.05, 4.69) is 58.0 Å². The second-order valence-electron chi connectivity index (χ2n) is 5.73. The van der Waals surface area contributed by atoms with Gasteiger partial charge in [-0.25, -0.2) is 0 Å². The Morgan fingerprint density at radius 2 is 1.27 bits per heavy atom. The molecule has 1 rings (SSSR count). The summed E-state index contributed by atoms with van der Waals surface area (Å²) in [7, 11) is 0. The molecule has 0 atom stereocenters. The van der Waals surface area contributed by atoms with Gasteiger partial charge in [0.2, 0.25) is 0 Å². The van der Waals surface area contributed by atoms with Crippen LogP contribution in [-0.4, -0.2) is 47.3 Å². The zero-order chi connectivity index (χ0) is 19.0. The van der Waals surface area contributed by atoms with Crippen molar-refractivity contribution in [1.29, 1.82) is 0 Å². The van der Waals surface area contributed by atoms with Crippen LogP contribution >= 0.6 is 48.0 Å². The third kappa shape index (κ3) is 11.8. The van der Waals surface area contributed by atoms with Gasteiger partial charge in [0, 0.05) is 26.2 Å². The molecule has 1 aromatic carbocycles. The Morgan fingerprint density at radius 1 is 0.808 bits per heavy atom. The highest BCUT2D eigenvalue weighted by Gasteiger charge is 2.00. The number of hydrogen-bond acceptors (Lipinski definition) is 4. The highest BCUT2D eigenvalue weighted by molar-refractivity contribution is 7.98. The average Bonchev–Trinajstić information content (AvgIpc) is 2.66. The van der Waals surface area contributed by atoms with E-state index >= 15 is 0 Å². The highest BCUT2D eigenvalue weighted by Crippen LogP contribution is 2.05. The molecule has 4 N–H and O–H groups in total. The van der Waals surface area contributed by atoms with Gasteiger partial charge in [-0.05, 0) is 72.4 Å². The molecule has 0 aliphatic heterocycles. The van der Waals surface area contributed by atoms with Crippen LogP contribution in [0.3, 0.4) is 0 Å². The van der Waals surface area contributed by atoms with Crippen molar-refractivity contribution in [2.45, 2.75) is 25.9 Å². The van der Waals surface area contributed by atoms with Gasteiger partial charge < -0.3 is 21.3 Å². The van der Waals surface area contributed by atoms with E-state index in [1.54, 1.807) is 0 Å². The van der Waals surface area contributed by atoms with Gasteiger partial charge in [0.1, 0.15) is 0 Å². The lowest BCUT2D eigenvalue weighted by molar-refractivity contribution is 0.797. The number of thioether (sulfide) groups is 2. The molecule has 0 aliphatic carbocycles. The van der Waals surface area contributed by atoms with Crippen molar-refractivity contribution in [2.75, 3.05) is 37.1 Å². The topological polar surface area (TPSA) is 48.1 Å². The minimum absolute atomic E-state index is 0.713. The smallest absolute Gasteiger partial charge is 0.166 e. The van der Waals surface area contributed by atoms with Crippen LogP contribution in [0, 0.1) is 0 Å². The van der Waals surface area contributed by atoms with Gasteiger partial charge in [-0.15, -0.1) is 0 Å². The SMILES string of the molecule is CSCCCNC(=S)NCc1cccc(CNC(=S)NCCCSC)c1. The van der Waals surface area contributed by atoms with Gasteiger partial charge in [0.25, 0.3) is 0 Å². The van der Waals surface area contributed by atoms with E-state index in [9.17, 15) is 0 Å². The Bertz CT molecular complexity index is 496. The number of benzene rings is 1. The van der Waals surface area contributed by atoms with Crippen LogP contribution in [0.25, 0.3) is 0 Å². The molecule has 26 heavy (non-hydrogen) atoms. The Hall–Kier alpha value is -0.700. The largest absolute Gasteiger partial charge is 0.363 e. The lowest BCUT2D eigenvalue weighted by Crippen LogP contribution is -2.36. The zero-order valence-corrected chi connectivity index (χ0v) is 18.9. The molecule has 0 amide bonds. The van der Waals surface area contributed by atoms with Gasteiger partial charge in [0.05, 0.1) is 0 Å². The summed E-state index contributed by atoms with van der Waals surface area (Å²) in [5, 5.41) is 14.4. The van der Waals surface area contributed by atoms with Gasteiger partial charge in [-0.2, -0.15) is 23.5 Å². The fourth-order valence-corrected chi connectivity index (χ4v) is 3.39. The van der Waals surface area contributed by atoms with Crippen molar-refractivity contribution in [1.82, 2.24) is 21.3 Å². The third-order valence-corrected chi connectivity index (χ3v) is 5.49. The average molecular weight is 431 g/mol. The van der Waals surface area contributed by atoms with Gasteiger partial charge >= 0.3 is 0 Å². The number of hydrogen-bond donors (Lipinski definition) is 4. The fourth-order valence-electron chi connectivity index (χ4n) is 2.18. The van der Waals surface area contributed by atoms with E-state index in [4.69, 9.17) is 24.4 Å². The summed E-state index contributed by atoms with van der Waals surface area (Å²) in [6, 6.07) is 8.45. The van der Waals surface area contributed by atoms with E-state index in [1.807, 2.05) is 23.5 Å². The maximum Gasteiger partial charge on any atom is 0.166 e. The van der Waals surface area contributed by atoms with Gasteiger partial charge in [-0.3, -0.25) is 0 Å². The van der Waals surface area contributed by atoms with Crippen molar-refractivity contribution in [2.24, 2.45) is 0 Å². The molecule has 4 nitrogen and oxygen atoms in total. The molecule has 0 spiro atoms. The highest BCUT2D eigenvalue weighted by atomic mass is 32.2. The number of nitrogens with one attached hydrogen (secondary N) is 4. The predicted molar refractivity (Wildman–Crippen MR) is 127 cm³/mol. The van der Waals surface area contributed by atoms with Crippen molar-refractivity contribution < 1.29 is 0 Å². The van der Waals surface area contributed by atoms with Crippen molar-refractivity contribution in [3.63, 3.8) is 0 Å². The van der Waals surface area contributed by atoms with Crippen LogP contribution in [0.4, 0.5) is 0 Å². The second kappa shape index (κ2) is 15.4. The second-order valence-corrected chi connectivity index (χ2v) is 8.52. The lowest BCUT2D eigenvalue weighted by atomic mass is 10.1. The molecule has 0 fully saturated rings. The van der Waals surface area contributed by atoms with Gasteiger partial charge in [-0.1, -0.05) is 24.3 Å². The van der Waals surface area contributed by atoms with Gasteiger partial charge in [0.15, 0.2) is 10.2 Å². The summed E-state index contributed by atoms with van der Waals surface area (Å²) in [6.07, 6.45) is 6.48. The number of rotatable bonds is 12. The van der Waals surface area contributed by atoms with Crippen LogP contribution in [0.1, 0.15) is 24.0 Å². The molecule has 8 heteroatoms. The molecule has 1 aromatic rings. The first-order valence-electron chi connectivity index (χ1n) is 8.74. The molecule has 0 saturated carbocycles. The van der Waals surface area contributed by atoms with Crippen LogP contribution in [-0.2, 0) is 13.1 Å². The molecule has 0 aromatic heterocycles. The Balaban J connectivity index is 2.27. The molecule has 0 bridgehead atoms. The van der Waals surface area contributed by atoms with Crippen LogP contribution in [0.5, 0.6) is 0 Å². The first-order chi connectivity index (χ1) is 12.7. The molecular weight excluding hydrogens is 400 g/mol. The molecule has 0 radical (unpaired) electrons. The number of thiocarbonyl (C=S) groups is 2. The molecular formula is C18H30N4S4. The summed E-state index contributed by atoms with van der Waals surface area (Å²) >= 11 is 14.3. The Labute approximate surface area is 177 Å². The van der Waals surface area contributed by atoms with Crippen LogP contribution < -0.4 is 21.3 Å². The molecule has 146 valence electrons. The summed E-state index contributed by atoms with van der Waals surface area (Å²) in [4.78, 5) is 0. The standard InChI is InChI=1S/C18H30N4S4/c1-25-10-4-8-19-17(23)21-13-15-6-3-7-16(12-15)14-22-18(24)20-9-5-11-26-2/h3,6-7,12H,4-5,8-11,13-14H2,1-2H3,(H2,19,21,23)(H2,20,22,24). The first-order valence-corrected chi connectivity index (χ1v) is 12.3. The van der Waals surface area contributed by atoms with E-state index in [1.165, 1.54) is 11.1 Å². The maximum atomic E-state index is 5.31. The Kier molecular flexibility index (Phi) is 13.8.